The second-order valence-electron chi connectivity index (χ2n) is 3.77. The second kappa shape index (κ2) is 3.84. The summed E-state index contributed by atoms with van der Waals surface area (Å²) in [6.45, 7) is 2.98. The fourth-order valence-electron chi connectivity index (χ4n) is 1.91. The Kier molecular flexibility index (Phi) is 2.55. The third-order valence-electron chi connectivity index (χ3n) is 2.75. The highest BCUT2D eigenvalue weighted by Crippen LogP contribution is 2.26. The molecule has 2 rings (SSSR count). The standard InChI is InChI=1S/C12H16N2/c1-9(6-7-13)11-8-14-12-5-3-2-4-10(11)12/h2-5,8-9,14H,6-7,13H2,1H3/t9-/m1/s1. The summed E-state index contributed by atoms with van der Waals surface area (Å²) < 4.78 is 0. The molecule has 0 unspecified atom stereocenters. The molecule has 0 fully saturated rings. The highest BCUT2D eigenvalue weighted by molar-refractivity contribution is 5.83. The first-order chi connectivity index (χ1) is 6.83. The van der Waals surface area contributed by atoms with Crippen LogP contribution in [-0.4, -0.2) is 11.5 Å². The van der Waals surface area contributed by atoms with Crippen LogP contribution in [0.2, 0.25) is 0 Å². The number of aromatic nitrogens is 1. The van der Waals surface area contributed by atoms with Crippen molar-refractivity contribution in [2.75, 3.05) is 6.54 Å². The quantitative estimate of drug-likeness (QED) is 0.763. The first-order valence-corrected chi connectivity index (χ1v) is 5.09. The van der Waals surface area contributed by atoms with E-state index in [1.54, 1.807) is 0 Å². The van der Waals surface area contributed by atoms with Crippen molar-refractivity contribution < 1.29 is 0 Å². The minimum absolute atomic E-state index is 0.538. The summed E-state index contributed by atoms with van der Waals surface area (Å²) in [7, 11) is 0. The topological polar surface area (TPSA) is 41.8 Å². The van der Waals surface area contributed by atoms with Crippen LogP contribution in [0, 0.1) is 0 Å². The van der Waals surface area contributed by atoms with Gasteiger partial charge >= 0.3 is 0 Å². The molecule has 0 saturated heterocycles. The zero-order chi connectivity index (χ0) is 9.97. The van der Waals surface area contributed by atoms with Crippen LogP contribution < -0.4 is 5.73 Å². The van der Waals surface area contributed by atoms with E-state index in [-0.39, 0.29) is 0 Å². The maximum Gasteiger partial charge on any atom is 0.0456 e. The molecule has 1 aromatic carbocycles. The molecule has 14 heavy (non-hydrogen) atoms. The van der Waals surface area contributed by atoms with E-state index in [1.807, 2.05) is 0 Å². The van der Waals surface area contributed by atoms with Gasteiger partial charge in [-0.1, -0.05) is 25.1 Å². The molecule has 0 amide bonds. The second-order valence-corrected chi connectivity index (χ2v) is 3.77. The summed E-state index contributed by atoms with van der Waals surface area (Å²) in [4.78, 5) is 3.29. The van der Waals surface area contributed by atoms with Crippen LogP contribution in [0.4, 0.5) is 0 Å². The van der Waals surface area contributed by atoms with Crippen LogP contribution in [0.3, 0.4) is 0 Å². The van der Waals surface area contributed by atoms with Crippen LogP contribution in [-0.2, 0) is 0 Å². The average Bonchev–Trinajstić information content (AvgIpc) is 2.61. The number of hydrogen-bond acceptors (Lipinski definition) is 1. The fraction of sp³-hybridized carbons (Fsp3) is 0.333. The van der Waals surface area contributed by atoms with E-state index in [0.29, 0.717) is 5.92 Å². The molecule has 2 nitrogen and oxygen atoms in total. The maximum absolute atomic E-state index is 5.57. The molecule has 74 valence electrons. The molecule has 0 aliphatic heterocycles. The van der Waals surface area contributed by atoms with Crippen LogP contribution in [0.25, 0.3) is 10.9 Å². The molecule has 0 bridgehead atoms. The van der Waals surface area contributed by atoms with E-state index in [9.17, 15) is 0 Å². The first kappa shape index (κ1) is 9.28. The molecule has 0 aliphatic rings. The van der Waals surface area contributed by atoms with Crippen LogP contribution in [0.15, 0.2) is 30.5 Å². The van der Waals surface area contributed by atoms with E-state index in [0.717, 1.165) is 13.0 Å². The fourth-order valence-corrected chi connectivity index (χ4v) is 1.91. The van der Waals surface area contributed by atoms with E-state index in [4.69, 9.17) is 5.73 Å². The molecular weight excluding hydrogens is 172 g/mol. The Bertz CT molecular complexity index is 417. The van der Waals surface area contributed by atoms with Crippen molar-refractivity contribution in [3.05, 3.63) is 36.0 Å². The van der Waals surface area contributed by atoms with E-state index in [1.165, 1.54) is 16.5 Å². The Balaban J connectivity index is 2.42. The van der Waals surface area contributed by atoms with Crippen LogP contribution >= 0.6 is 0 Å². The van der Waals surface area contributed by atoms with Crippen molar-refractivity contribution in [3.8, 4) is 0 Å². The monoisotopic (exact) mass is 188 g/mol. The van der Waals surface area contributed by atoms with Gasteiger partial charge in [-0.3, -0.25) is 0 Å². The number of H-pyrrole nitrogens is 1. The summed E-state index contributed by atoms with van der Waals surface area (Å²) in [6.07, 6.45) is 3.15. The van der Waals surface area contributed by atoms with Gasteiger partial charge in [0.05, 0.1) is 0 Å². The lowest BCUT2D eigenvalue weighted by atomic mass is 9.97. The van der Waals surface area contributed by atoms with Gasteiger partial charge in [-0.25, -0.2) is 0 Å². The Labute approximate surface area is 84.1 Å². The Morgan fingerprint density at radius 2 is 2.14 bits per heavy atom. The number of rotatable bonds is 3. The number of aromatic amines is 1. The van der Waals surface area contributed by atoms with Gasteiger partial charge in [0.1, 0.15) is 0 Å². The van der Waals surface area contributed by atoms with Gasteiger partial charge in [0.25, 0.3) is 0 Å². The Hall–Kier alpha value is -1.28. The maximum atomic E-state index is 5.57. The number of fused-ring (bicyclic) bond motifs is 1. The summed E-state index contributed by atoms with van der Waals surface area (Å²) in [5.74, 6) is 0.538. The van der Waals surface area contributed by atoms with Crippen LogP contribution in [0.5, 0.6) is 0 Å². The molecule has 2 aromatic rings. The summed E-state index contributed by atoms with van der Waals surface area (Å²) in [6, 6.07) is 8.40. The highest BCUT2D eigenvalue weighted by atomic mass is 14.7. The molecular formula is C12H16N2. The molecule has 0 saturated carbocycles. The molecule has 0 spiro atoms. The average molecular weight is 188 g/mol. The Morgan fingerprint density at radius 1 is 1.36 bits per heavy atom. The lowest BCUT2D eigenvalue weighted by Crippen LogP contribution is -2.03. The number of nitrogens with two attached hydrogens (primary N) is 1. The number of nitrogens with one attached hydrogen (secondary N) is 1. The van der Waals surface area contributed by atoms with Gasteiger partial charge in [0, 0.05) is 17.1 Å². The van der Waals surface area contributed by atoms with Crippen molar-refractivity contribution in [1.29, 1.82) is 0 Å². The molecule has 1 aromatic heterocycles. The third kappa shape index (κ3) is 1.53. The van der Waals surface area contributed by atoms with Crippen LogP contribution in [0.1, 0.15) is 24.8 Å². The molecule has 2 heteroatoms. The minimum Gasteiger partial charge on any atom is -0.361 e. The molecule has 1 heterocycles. The van der Waals surface area contributed by atoms with E-state index >= 15 is 0 Å². The molecule has 0 radical (unpaired) electrons. The smallest absolute Gasteiger partial charge is 0.0456 e. The molecule has 0 aliphatic carbocycles. The Morgan fingerprint density at radius 3 is 2.93 bits per heavy atom. The van der Waals surface area contributed by atoms with E-state index in [2.05, 4.69) is 42.4 Å². The van der Waals surface area contributed by atoms with Gasteiger partial charge in [-0.15, -0.1) is 0 Å². The SMILES string of the molecule is C[C@H](CCN)c1c[nH]c2ccccc12. The van der Waals surface area contributed by atoms with Gasteiger partial charge in [0.2, 0.25) is 0 Å². The molecule has 3 N–H and O–H groups in total. The lowest BCUT2D eigenvalue weighted by molar-refractivity contribution is 0.695. The van der Waals surface area contributed by atoms with Crippen molar-refractivity contribution in [2.45, 2.75) is 19.3 Å². The summed E-state index contributed by atoms with van der Waals surface area (Å²) in [5, 5.41) is 1.33. The van der Waals surface area contributed by atoms with Crippen molar-refractivity contribution in [3.63, 3.8) is 0 Å². The van der Waals surface area contributed by atoms with Crippen molar-refractivity contribution in [2.24, 2.45) is 5.73 Å². The van der Waals surface area contributed by atoms with Crippen molar-refractivity contribution >= 4 is 10.9 Å². The lowest BCUT2D eigenvalue weighted by Gasteiger charge is -2.08. The predicted octanol–water partition coefficient (Wildman–Crippen LogP) is 2.62. The first-order valence-electron chi connectivity index (χ1n) is 5.09. The normalized spacial score (nSPS) is 13.3. The summed E-state index contributed by atoms with van der Waals surface area (Å²) in [5.41, 5.74) is 8.16. The minimum atomic E-state index is 0.538. The highest BCUT2D eigenvalue weighted by Gasteiger charge is 2.09. The van der Waals surface area contributed by atoms with Gasteiger partial charge < -0.3 is 10.7 Å². The van der Waals surface area contributed by atoms with Gasteiger partial charge in [0.15, 0.2) is 0 Å². The molecule has 1 atom stereocenters. The largest absolute Gasteiger partial charge is 0.361 e. The number of benzene rings is 1. The zero-order valence-electron chi connectivity index (χ0n) is 8.46. The summed E-state index contributed by atoms with van der Waals surface area (Å²) >= 11 is 0. The van der Waals surface area contributed by atoms with E-state index < -0.39 is 0 Å². The van der Waals surface area contributed by atoms with Gasteiger partial charge in [-0.2, -0.15) is 0 Å². The van der Waals surface area contributed by atoms with Crippen molar-refractivity contribution in [1.82, 2.24) is 4.98 Å². The van der Waals surface area contributed by atoms with Gasteiger partial charge in [-0.05, 0) is 30.5 Å². The number of hydrogen-bond donors (Lipinski definition) is 2. The predicted molar refractivity (Wildman–Crippen MR) is 60.4 cm³/mol. The number of para-hydroxylation sites is 1. The third-order valence-corrected chi connectivity index (χ3v) is 2.75. The zero-order valence-corrected chi connectivity index (χ0v) is 8.46.